The zero-order valence-corrected chi connectivity index (χ0v) is 16.7. The molecule has 2 aromatic carbocycles. The summed E-state index contributed by atoms with van der Waals surface area (Å²) >= 11 is 12.5. The van der Waals surface area contributed by atoms with Crippen LogP contribution in [0.1, 0.15) is 11.1 Å². The van der Waals surface area contributed by atoms with Crippen LogP contribution in [-0.2, 0) is 19.7 Å². The highest BCUT2D eigenvalue weighted by Gasteiger charge is 2.14. The van der Waals surface area contributed by atoms with E-state index in [1.807, 2.05) is 18.2 Å². The van der Waals surface area contributed by atoms with Gasteiger partial charge in [-0.05, 0) is 28.6 Å². The van der Waals surface area contributed by atoms with Crippen LogP contribution in [-0.4, -0.2) is 27.3 Å². The SMILES string of the molecule is C=CCn1nnnc1NCc1cccc(OC)c1OCc1c(Cl)cccc1Cl. The normalized spacial score (nSPS) is 10.5. The minimum atomic E-state index is 0.208. The minimum absolute atomic E-state index is 0.208. The summed E-state index contributed by atoms with van der Waals surface area (Å²) < 4.78 is 13.1. The highest BCUT2D eigenvalue weighted by Crippen LogP contribution is 2.34. The lowest BCUT2D eigenvalue weighted by atomic mass is 10.1. The third-order valence-electron chi connectivity index (χ3n) is 3.97. The predicted molar refractivity (Wildman–Crippen MR) is 109 cm³/mol. The van der Waals surface area contributed by atoms with Gasteiger partial charge in [-0.25, -0.2) is 4.68 Å². The number of hydrogen-bond acceptors (Lipinski definition) is 6. The molecule has 0 fully saturated rings. The van der Waals surface area contributed by atoms with Gasteiger partial charge in [0, 0.05) is 27.7 Å². The summed E-state index contributed by atoms with van der Waals surface area (Å²) in [5, 5.41) is 15.8. The molecule has 0 aliphatic heterocycles. The zero-order valence-electron chi connectivity index (χ0n) is 15.2. The Balaban J connectivity index is 1.80. The molecule has 1 heterocycles. The van der Waals surface area contributed by atoms with Crippen molar-refractivity contribution in [1.29, 1.82) is 0 Å². The monoisotopic (exact) mass is 419 g/mol. The fourth-order valence-electron chi connectivity index (χ4n) is 2.59. The number of nitrogens with zero attached hydrogens (tertiary/aromatic N) is 4. The number of allylic oxidation sites excluding steroid dienone is 1. The Morgan fingerprint density at radius 3 is 2.64 bits per heavy atom. The van der Waals surface area contributed by atoms with Gasteiger partial charge in [-0.2, -0.15) is 0 Å². The number of para-hydroxylation sites is 1. The van der Waals surface area contributed by atoms with Crippen LogP contribution in [0.4, 0.5) is 5.95 Å². The van der Waals surface area contributed by atoms with E-state index in [9.17, 15) is 0 Å². The van der Waals surface area contributed by atoms with Gasteiger partial charge in [0.15, 0.2) is 11.5 Å². The molecule has 146 valence electrons. The Hall–Kier alpha value is -2.77. The lowest BCUT2D eigenvalue weighted by molar-refractivity contribution is 0.282. The van der Waals surface area contributed by atoms with Gasteiger partial charge in [0.2, 0.25) is 5.95 Å². The molecule has 1 N–H and O–H groups in total. The van der Waals surface area contributed by atoms with Crippen LogP contribution in [0.2, 0.25) is 10.0 Å². The summed E-state index contributed by atoms with van der Waals surface area (Å²) in [4.78, 5) is 0. The molecule has 0 aliphatic rings. The number of nitrogens with one attached hydrogen (secondary N) is 1. The molecule has 9 heteroatoms. The average molecular weight is 420 g/mol. The molecule has 1 aromatic heterocycles. The second-order valence-electron chi connectivity index (χ2n) is 5.76. The number of aromatic nitrogens is 4. The Morgan fingerprint density at radius 2 is 1.93 bits per heavy atom. The fraction of sp³-hybridized carbons (Fsp3) is 0.211. The maximum Gasteiger partial charge on any atom is 0.243 e. The molecular formula is C19H19Cl2N5O2. The maximum atomic E-state index is 6.24. The fourth-order valence-corrected chi connectivity index (χ4v) is 3.10. The van der Waals surface area contributed by atoms with Crippen molar-refractivity contribution in [1.82, 2.24) is 20.2 Å². The van der Waals surface area contributed by atoms with Crippen molar-refractivity contribution in [3.63, 3.8) is 0 Å². The number of halogens is 2. The molecule has 0 atom stereocenters. The number of rotatable bonds is 9. The van der Waals surface area contributed by atoms with E-state index in [0.717, 1.165) is 5.56 Å². The van der Waals surface area contributed by atoms with Crippen molar-refractivity contribution in [2.45, 2.75) is 19.7 Å². The third-order valence-corrected chi connectivity index (χ3v) is 4.68. The first-order chi connectivity index (χ1) is 13.6. The summed E-state index contributed by atoms with van der Waals surface area (Å²) in [6.07, 6.45) is 1.72. The van der Waals surface area contributed by atoms with Crippen molar-refractivity contribution >= 4 is 29.2 Å². The standard InChI is InChI=1S/C19H19Cl2N5O2/c1-3-10-26-19(23-24-25-26)22-11-13-6-4-9-17(27-2)18(13)28-12-14-15(20)7-5-8-16(14)21/h3-9H,1,10-12H2,2H3,(H,22,23,25). The molecule has 28 heavy (non-hydrogen) atoms. The number of methoxy groups -OCH3 is 1. The van der Waals surface area contributed by atoms with Crippen LogP contribution >= 0.6 is 23.2 Å². The molecule has 0 saturated heterocycles. The summed E-state index contributed by atoms with van der Waals surface area (Å²) in [6.45, 7) is 4.84. The van der Waals surface area contributed by atoms with E-state index in [0.29, 0.717) is 46.1 Å². The number of anilines is 1. The quantitative estimate of drug-likeness (QED) is 0.519. The van der Waals surface area contributed by atoms with Gasteiger partial charge in [0.1, 0.15) is 6.61 Å². The number of benzene rings is 2. The average Bonchev–Trinajstić information content (AvgIpc) is 3.13. The lowest BCUT2D eigenvalue weighted by Gasteiger charge is -2.16. The number of ether oxygens (including phenoxy) is 2. The summed E-state index contributed by atoms with van der Waals surface area (Å²) in [6, 6.07) is 11.0. The Kier molecular flexibility index (Phi) is 6.73. The largest absolute Gasteiger partial charge is 0.493 e. The second kappa shape index (κ2) is 9.43. The van der Waals surface area contributed by atoms with E-state index in [4.69, 9.17) is 32.7 Å². The molecule has 7 nitrogen and oxygen atoms in total. The van der Waals surface area contributed by atoms with Gasteiger partial charge in [-0.1, -0.05) is 52.6 Å². The molecule has 0 radical (unpaired) electrons. The number of hydrogen-bond donors (Lipinski definition) is 1. The first kappa shape index (κ1) is 20.0. The van der Waals surface area contributed by atoms with E-state index >= 15 is 0 Å². The summed E-state index contributed by atoms with van der Waals surface area (Å²) in [5.41, 5.74) is 1.58. The van der Waals surface area contributed by atoms with Gasteiger partial charge < -0.3 is 14.8 Å². The number of tetrazole rings is 1. The third kappa shape index (κ3) is 4.55. The predicted octanol–water partition coefficient (Wildman–Crippen LogP) is 4.37. The van der Waals surface area contributed by atoms with Crippen LogP contribution in [0.5, 0.6) is 11.5 Å². The molecular weight excluding hydrogens is 401 g/mol. The van der Waals surface area contributed by atoms with Crippen molar-refractivity contribution in [3.8, 4) is 11.5 Å². The van der Waals surface area contributed by atoms with Gasteiger partial charge in [-0.3, -0.25) is 0 Å². The summed E-state index contributed by atoms with van der Waals surface area (Å²) in [5.74, 6) is 1.73. The Labute approximate surface area is 172 Å². The molecule has 0 aliphatic carbocycles. The van der Waals surface area contributed by atoms with E-state index in [1.54, 1.807) is 36.1 Å². The van der Waals surface area contributed by atoms with Crippen molar-refractivity contribution < 1.29 is 9.47 Å². The van der Waals surface area contributed by atoms with Crippen molar-refractivity contribution in [2.75, 3.05) is 12.4 Å². The molecule has 0 bridgehead atoms. The zero-order chi connectivity index (χ0) is 19.9. The smallest absolute Gasteiger partial charge is 0.243 e. The second-order valence-corrected chi connectivity index (χ2v) is 6.58. The maximum absolute atomic E-state index is 6.24. The van der Waals surface area contributed by atoms with Crippen molar-refractivity contribution in [2.24, 2.45) is 0 Å². The van der Waals surface area contributed by atoms with E-state index in [-0.39, 0.29) is 6.61 Å². The first-order valence-corrected chi connectivity index (χ1v) is 9.22. The molecule has 0 unspecified atom stereocenters. The van der Waals surface area contributed by atoms with Gasteiger partial charge in [-0.15, -0.1) is 6.58 Å². The highest BCUT2D eigenvalue weighted by atomic mass is 35.5. The van der Waals surface area contributed by atoms with Crippen LogP contribution in [0.25, 0.3) is 0 Å². The van der Waals surface area contributed by atoms with Gasteiger partial charge in [0.05, 0.1) is 13.7 Å². The molecule has 0 amide bonds. The van der Waals surface area contributed by atoms with E-state index < -0.39 is 0 Å². The topological polar surface area (TPSA) is 74.1 Å². The van der Waals surface area contributed by atoms with E-state index in [2.05, 4.69) is 27.4 Å². The molecule has 3 aromatic rings. The lowest BCUT2D eigenvalue weighted by Crippen LogP contribution is -2.10. The van der Waals surface area contributed by atoms with Gasteiger partial charge in [0.25, 0.3) is 0 Å². The molecule has 3 rings (SSSR count). The van der Waals surface area contributed by atoms with Crippen LogP contribution in [0.3, 0.4) is 0 Å². The van der Waals surface area contributed by atoms with Crippen LogP contribution in [0, 0.1) is 0 Å². The van der Waals surface area contributed by atoms with Crippen molar-refractivity contribution in [3.05, 3.63) is 70.2 Å². The molecule has 0 saturated carbocycles. The van der Waals surface area contributed by atoms with Crippen LogP contribution in [0.15, 0.2) is 49.1 Å². The van der Waals surface area contributed by atoms with Gasteiger partial charge >= 0.3 is 0 Å². The highest BCUT2D eigenvalue weighted by molar-refractivity contribution is 6.35. The molecule has 0 spiro atoms. The minimum Gasteiger partial charge on any atom is -0.493 e. The van der Waals surface area contributed by atoms with E-state index in [1.165, 1.54) is 0 Å². The Morgan fingerprint density at radius 1 is 1.18 bits per heavy atom. The van der Waals surface area contributed by atoms with Crippen LogP contribution < -0.4 is 14.8 Å². The Bertz CT molecular complexity index is 941. The first-order valence-electron chi connectivity index (χ1n) is 8.46. The summed E-state index contributed by atoms with van der Waals surface area (Å²) in [7, 11) is 1.59.